The van der Waals surface area contributed by atoms with E-state index in [9.17, 15) is 5.21 Å². The summed E-state index contributed by atoms with van der Waals surface area (Å²) >= 11 is 0. The van der Waals surface area contributed by atoms with Crippen molar-refractivity contribution in [1.82, 2.24) is 5.06 Å². The van der Waals surface area contributed by atoms with Crippen LogP contribution in [0.5, 0.6) is 17.2 Å². The van der Waals surface area contributed by atoms with Crippen LogP contribution in [0.3, 0.4) is 0 Å². The number of hydroxylamine groups is 2. The van der Waals surface area contributed by atoms with E-state index in [1.165, 1.54) is 0 Å². The number of ether oxygens (including phenoxy) is 3. The zero-order chi connectivity index (χ0) is 11.5. The van der Waals surface area contributed by atoms with Crippen LogP contribution in [0.2, 0.25) is 0 Å². The lowest BCUT2D eigenvalue weighted by Crippen LogP contribution is -2.17. The van der Waals surface area contributed by atoms with Crippen molar-refractivity contribution in [3.63, 3.8) is 0 Å². The highest BCUT2D eigenvalue weighted by Crippen LogP contribution is 2.40. The molecule has 0 saturated carbocycles. The molecule has 0 unspecified atom stereocenters. The molecule has 0 radical (unpaired) electrons. The molecule has 1 heterocycles. The summed E-state index contributed by atoms with van der Waals surface area (Å²) in [4.78, 5) is 0. The van der Waals surface area contributed by atoms with Gasteiger partial charge in [0.25, 0.3) is 0 Å². The first-order chi connectivity index (χ1) is 7.70. The predicted octanol–water partition coefficient (Wildman–Crippen LogP) is 1.29. The first kappa shape index (κ1) is 11.0. The highest BCUT2D eigenvalue weighted by Gasteiger charge is 2.18. The molecule has 1 aliphatic heterocycles. The van der Waals surface area contributed by atoms with E-state index in [-0.39, 0.29) is 0 Å². The Morgan fingerprint density at radius 2 is 2.12 bits per heavy atom. The number of hydrogen-bond acceptors (Lipinski definition) is 5. The van der Waals surface area contributed by atoms with Crippen molar-refractivity contribution in [2.45, 2.75) is 6.54 Å². The van der Waals surface area contributed by atoms with Gasteiger partial charge in [0.1, 0.15) is 13.2 Å². The van der Waals surface area contributed by atoms with Crippen molar-refractivity contribution < 1.29 is 19.4 Å². The Bertz CT molecular complexity index is 361. The Kier molecular flexibility index (Phi) is 3.17. The van der Waals surface area contributed by atoms with Gasteiger partial charge in [0.2, 0.25) is 5.75 Å². The van der Waals surface area contributed by atoms with E-state index in [0.29, 0.717) is 37.0 Å². The summed E-state index contributed by atoms with van der Waals surface area (Å²) in [6.07, 6.45) is 0. The SMILES string of the molecule is COc1cc(CN(C)O)cc2c1OCCO2. The van der Waals surface area contributed by atoms with Gasteiger partial charge in [-0.25, -0.2) is 0 Å². The number of hydrogen-bond donors (Lipinski definition) is 1. The third-order valence-corrected chi connectivity index (χ3v) is 2.30. The fourth-order valence-electron chi connectivity index (χ4n) is 1.68. The van der Waals surface area contributed by atoms with Crippen LogP contribution in [0.15, 0.2) is 12.1 Å². The second-order valence-electron chi connectivity index (χ2n) is 3.64. The van der Waals surface area contributed by atoms with Crippen molar-refractivity contribution in [2.24, 2.45) is 0 Å². The van der Waals surface area contributed by atoms with Gasteiger partial charge in [-0.3, -0.25) is 0 Å². The highest BCUT2D eigenvalue weighted by atomic mass is 16.6. The van der Waals surface area contributed by atoms with Gasteiger partial charge in [-0.2, -0.15) is 5.06 Å². The quantitative estimate of drug-likeness (QED) is 0.785. The molecule has 0 saturated heterocycles. The van der Waals surface area contributed by atoms with Crippen LogP contribution < -0.4 is 14.2 Å². The first-order valence-corrected chi connectivity index (χ1v) is 5.07. The van der Waals surface area contributed by atoms with Gasteiger partial charge in [-0.05, 0) is 17.7 Å². The minimum atomic E-state index is 0.410. The molecule has 2 rings (SSSR count). The molecule has 0 bridgehead atoms. The molecule has 0 atom stereocenters. The van der Waals surface area contributed by atoms with E-state index >= 15 is 0 Å². The Labute approximate surface area is 94.1 Å². The van der Waals surface area contributed by atoms with E-state index < -0.39 is 0 Å². The third kappa shape index (κ3) is 2.20. The summed E-state index contributed by atoms with van der Waals surface area (Å²) in [6, 6.07) is 3.68. The van der Waals surface area contributed by atoms with Crippen LogP contribution in [0.1, 0.15) is 5.56 Å². The van der Waals surface area contributed by atoms with E-state index in [1.54, 1.807) is 14.2 Å². The summed E-state index contributed by atoms with van der Waals surface area (Å²) in [5, 5.41) is 10.3. The topological polar surface area (TPSA) is 51.2 Å². The maximum atomic E-state index is 9.19. The van der Waals surface area contributed by atoms with Crippen molar-refractivity contribution in [3.05, 3.63) is 17.7 Å². The van der Waals surface area contributed by atoms with Gasteiger partial charge in [-0.1, -0.05) is 0 Å². The predicted molar refractivity (Wildman–Crippen MR) is 57.2 cm³/mol. The molecule has 16 heavy (non-hydrogen) atoms. The molecule has 1 N–H and O–H groups in total. The van der Waals surface area contributed by atoms with Gasteiger partial charge in [-0.15, -0.1) is 0 Å². The molecule has 5 nitrogen and oxygen atoms in total. The first-order valence-electron chi connectivity index (χ1n) is 5.07. The molecule has 5 heteroatoms. The molecule has 1 aliphatic rings. The number of nitrogens with zero attached hydrogens (tertiary/aromatic N) is 1. The molecular weight excluding hydrogens is 210 g/mol. The number of rotatable bonds is 3. The molecule has 0 fully saturated rings. The smallest absolute Gasteiger partial charge is 0.203 e. The molecule has 0 spiro atoms. The fourth-order valence-corrected chi connectivity index (χ4v) is 1.68. The maximum absolute atomic E-state index is 9.19. The van der Waals surface area contributed by atoms with Gasteiger partial charge in [0.05, 0.1) is 7.11 Å². The zero-order valence-corrected chi connectivity index (χ0v) is 9.40. The van der Waals surface area contributed by atoms with Crippen LogP contribution >= 0.6 is 0 Å². The zero-order valence-electron chi connectivity index (χ0n) is 9.40. The lowest BCUT2D eigenvalue weighted by molar-refractivity contribution is -0.0732. The second-order valence-corrected chi connectivity index (χ2v) is 3.64. The average molecular weight is 225 g/mol. The molecule has 0 amide bonds. The highest BCUT2D eigenvalue weighted by molar-refractivity contribution is 5.54. The van der Waals surface area contributed by atoms with Gasteiger partial charge >= 0.3 is 0 Å². The molecule has 1 aromatic rings. The van der Waals surface area contributed by atoms with Crippen molar-refractivity contribution in [1.29, 1.82) is 0 Å². The van der Waals surface area contributed by atoms with Gasteiger partial charge < -0.3 is 19.4 Å². The largest absolute Gasteiger partial charge is 0.493 e. The Balaban J connectivity index is 2.35. The average Bonchev–Trinajstić information content (AvgIpc) is 2.27. The second kappa shape index (κ2) is 4.59. The minimum absolute atomic E-state index is 0.410. The Hall–Kier alpha value is -1.46. The Morgan fingerprint density at radius 1 is 1.38 bits per heavy atom. The van der Waals surface area contributed by atoms with Gasteiger partial charge in [0, 0.05) is 13.6 Å². The van der Waals surface area contributed by atoms with E-state index in [2.05, 4.69) is 0 Å². The molecule has 0 aromatic heterocycles. The van der Waals surface area contributed by atoms with Crippen LogP contribution in [-0.2, 0) is 6.54 Å². The monoisotopic (exact) mass is 225 g/mol. The normalized spacial score (nSPS) is 14.0. The van der Waals surface area contributed by atoms with Crippen molar-refractivity contribution >= 4 is 0 Å². The molecule has 0 aliphatic carbocycles. The van der Waals surface area contributed by atoms with Crippen LogP contribution in [0, 0.1) is 0 Å². The van der Waals surface area contributed by atoms with Crippen LogP contribution in [-0.4, -0.2) is 37.6 Å². The number of methoxy groups -OCH3 is 1. The molecule has 88 valence electrons. The third-order valence-electron chi connectivity index (χ3n) is 2.30. The summed E-state index contributed by atoms with van der Waals surface area (Å²) in [7, 11) is 3.17. The Morgan fingerprint density at radius 3 is 2.81 bits per heavy atom. The fraction of sp³-hybridized carbons (Fsp3) is 0.455. The standard InChI is InChI=1S/C11H15NO4/c1-12(13)7-8-5-9(14-2)11-10(6-8)15-3-4-16-11/h5-6,13H,3-4,7H2,1-2H3. The summed E-state index contributed by atoms with van der Waals surface area (Å²) < 4.78 is 16.2. The summed E-state index contributed by atoms with van der Waals surface area (Å²) in [6.45, 7) is 1.48. The maximum Gasteiger partial charge on any atom is 0.203 e. The van der Waals surface area contributed by atoms with Gasteiger partial charge in [0.15, 0.2) is 11.5 Å². The lowest BCUT2D eigenvalue weighted by atomic mass is 10.1. The summed E-state index contributed by atoms with van der Waals surface area (Å²) in [5.41, 5.74) is 0.908. The lowest BCUT2D eigenvalue weighted by Gasteiger charge is -2.21. The minimum Gasteiger partial charge on any atom is -0.493 e. The van der Waals surface area contributed by atoms with E-state index in [4.69, 9.17) is 14.2 Å². The van der Waals surface area contributed by atoms with E-state index in [0.717, 1.165) is 10.6 Å². The van der Waals surface area contributed by atoms with Crippen LogP contribution in [0.4, 0.5) is 0 Å². The molecular formula is C11H15NO4. The number of benzene rings is 1. The van der Waals surface area contributed by atoms with Crippen molar-refractivity contribution in [3.8, 4) is 17.2 Å². The summed E-state index contributed by atoms with van der Waals surface area (Å²) in [5.74, 6) is 1.94. The number of fused-ring (bicyclic) bond motifs is 1. The van der Waals surface area contributed by atoms with E-state index in [1.807, 2.05) is 12.1 Å². The van der Waals surface area contributed by atoms with Crippen LogP contribution in [0.25, 0.3) is 0 Å². The molecule has 1 aromatic carbocycles. The van der Waals surface area contributed by atoms with Crippen molar-refractivity contribution in [2.75, 3.05) is 27.4 Å².